The van der Waals surface area contributed by atoms with Crippen LogP contribution < -0.4 is 5.73 Å². The standard InChI is InChI=1S/C13H14BrN3OS/c14-11-5-8(13-16-12(6-15)18-17-13)1-2-10(11)9-3-4-19-7-9/h1-2,5,9H,3-4,6-7,15H2. The first-order chi connectivity index (χ1) is 9.28. The van der Waals surface area contributed by atoms with Gasteiger partial charge in [-0.15, -0.1) is 0 Å². The van der Waals surface area contributed by atoms with E-state index in [0.717, 1.165) is 10.0 Å². The van der Waals surface area contributed by atoms with Crippen molar-refractivity contribution in [3.05, 3.63) is 34.1 Å². The van der Waals surface area contributed by atoms with E-state index in [1.165, 1.54) is 23.5 Å². The van der Waals surface area contributed by atoms with Gasteiger partial charge in [0.2, 0.25) is 11.7 Å². The molecule has 1 aliphatic heterocycles. The lowest BCUT2D eigenvalue weighted by Gasteiger charge is -2.11. The van der Waals surface area contributed by atoms with Crippen LogP contribution in [0.25, 0.3) is 11.4 Å². The van der Waals surface area contributed by atoms with Gasteiger partial charge >= 0.3 is 0 Å². The fourth-order valence-electron chi connectivity index (χ4n) is 2.23. The quantitative estimate of drug-likeness (QED) is 0.930. The van der Waals surface area contributed by atoms with Gasteiger partial charge in [0.1, 0.15) is 0 Å². The smallest absolute Gasteiger partial charge is 0.240 e. The van der Waals surface area contributed by atoms with Crippen molar-refractivity contribution in [2.75, 3.05) is 11.5 Å². The van der Waals surface area contributed by atoms with Crippen LogP contribution in [0.5, 0.6) is 0 Å². The van der Waals surface area contributed by atoms with Crippen LogP contribution in [0.2, 0.25) is 0 Å². The summed E-state index contributed by atoms with van der Waals surface area (Å²) >= 11 is 5.68. The van der Waals surface area contributed by atoms with E-state index in [4.69, 9.17) is 10.3 Å². The van der Waals surface area contributed by atoms with Crippen molar-refractivity contribution in [1.82, 2.24) is 10.1 Å². The Morgan fingerprint density at radius 3 is 3.00 bits per heavy atom. The first kappa shape index (κ1) is 13.1. The van der Waals surface area contributed by atoms with Gasteiger partial charge in [-0.2, -0.15) is 16.7 Å². The van der Waals surface area contributed by atoms with Crippen molar-refractivity contribution in [2.45, 2.75) is 18.9 Å². The fourth-order valence-corrected chi connectivity index (χ4v) is 4.18. The lowest BCUT2D eigenvalue weighted by Crippen LogP contribution is -1.98. The molecule has 6 heteroatoms. The number of benzene rings is 1. The molecule has 0 aliphatic carbocycles. The molecule has 19 heavy (non-hydrogen) atoms. The molecule has 0 radical (unpaired) electrons. The molecular formula is C13H14BrN3OS. The van der Waals surface area contributed by atoms with Crippen LogP contribution in [0.4, 0.5) is 0 Å². The minimum atomic E-state index is 0.269. The maximum atomic E-state index is 5.47. The van der Waals surface area contributed by atoms with Gasteiger partial charge in [0.15, 0.2) is 0 Å². The van der Waals surface area contributed by atoms with Crippen molar-refractivity contribution in [3.63, 3.8) is 0 Å². The van der Waals surface area contributed by atoms with E-state index in [9.17, 15) is 0 Å². The van der Waals surface area contributed by atoms with Gasteiger partial charge in [-0.1, -0.05) is 33.2 Å². The summed E-state index contributed by atoms with van der Waals surface area (Å²) in [5.41, 5.74) is 7.79. The van der Waals surface area contributed by atoms with E-state index < -0.39 is 0 Å². The zero-order valence-corrected chi connectivity index (χ0v) is 12.7. The van der Waals surface area contributed by atoms with Crippen LogP contribution in [0.1, 0.15) is 23.8 Å². The van der Waals surface area contributed by atoms with Gasteiger partial charge in [-0.3, -0.25) is 0 Å². The average Bonchev–Trinajstić information content (AvgIpc) is 3.10. The van der Waals surface area contributed by atoms with Gasteiger partial charge in [-0.25, -0.2) is 0 Å². The van der Waals surface area contributed by atoms with Crippen molar-refractivity contribution < 1.29 is 4.52 Å². The normalized spacial score (nSPS) is 18.9. The largest absolute Gasteiger partial charge is 0.338 e. The highest BCUT2D eigenvalue weighted by atomic mass is 79.9. The van der Waals surface area contributed by atoms with Gasteiger partial charge in [0.05, 0.1) is 6.54 Å². The monoisotopic (exact) mass is 339 g/mol. The van der Waals surface area contributed by atoms with E-state index in [1.807, 2.05) is 17.8 Å². The second-order valence-corrected chi connectivity index (χ2v) is 6.52. The molecule has 100 valence electrons. The Kier molecular flexibility index (Phi) is 3.91. The number of aromatic nitrogens is 2. The molecule has 1 aliphatic rings. The van der Waals surface area contributed by atoms with E-state index in [0.29, 0.717) is 17.6 Å². The van der Waals surface area contributed by atoms with Crippen molar-refractivity contribution in [1.29, 1.82) is 0 Å². The van der Waals surface area contributed by atoms with E-state index >= 15 is 0 Å². The molecule has 1 unspecified atom stereocenters. The number of halogens is 1. The van der Waals surface area contributed by atoms with Crippen molar-refractivity contribution in [2.24, 2.45) is 5.73 Å². The maximum Gasteiger partial charge on any atom is 0.240 e. The lowest BCUT2D eigenvalue weighted by molar-refractivity contribution is 0.380. The molecule has 1 atom stereocenters. The van der Waals surface area contributed by atoms with Gasteiger partial charge in [0, 0.05) is 15.8 Å². The third-order valence-electron chi connectivity index (χ3n) is 3.27. The summed E-state index contributed by atoms with van der Waals surface area (Å²) < 4.78 is 6.16. The third-order valence-corrected chi connectivity index (χ3v) is 5.12. The summed E-state index contributed by atoms with van der Waals surface area (Å²) in [6.45, 7) is 0.269. The van der Waals surface area contributed by atoms with Crippen LogP contribution in [0.15, 0.2) is 27.2 Å². The molecule has 1 saturated heterocycles. The van der Waals surface area contributed by atoms with Crippen LogP contribution >= 0.6 is 27.7 Å². The lowest BCUT2D eigenvalue weighted by atomic mass is 9.97. The number of hydrogen-bond donors (Lipinski definition) is 1. The van der Waals surface area contributed by atoms with Gasteiger partial charge in [-0.05, 0) is 29.7 Å². The van der Waals surface area contributed by atoms with E-state index in [1.54, 1.807) is 0 Å². The number of nitrogens with two attached hydrogens (primary N) is 1. The molecule has 2 aromatic rings. The number of thioether (sulfide) groups is 1. The Balaban J connectivity index is 1.90. The van der Waals surface area contributed by atoms with Crippen LogP contribution in [0, 0.1) is 0 Å². The van der Waals surface area contributed by atoms with Crippen molar-refractivity contribution in [3.8, 4) is 11.4 Å². The molecule has 1 aromatic heterocycles. The summed E-state index contributed by atoms with van der Waals surface area (Å²) in [7, 11) is 0. The molecule has 2 heterocycles. The van der Waals surface area contributed by atoms with Crippen LogP contribution in [0.3, 0.4) is 0 Å². The third kappa shape index (κ3) is 2.70. The molecule has 1 aromatic carbocycles. The zero-order chi connectivity index (χ0) is 13.2. The average molecular weight is 340 g/mol. The first-order valence-electron chi connectivity index (χ1n) is 6.18. The summed E-state index contributed by atoms with van der Waals surface area (Å²) in [6, 6.07) is 6.27. The topological polar surface area (TPSA) is 64.9 Å². The Morgan fingerprint density at radius 1 is 1.47 bits per heavy atom. The Labute approximate surface area is 124 Å². The summed E-state index contributed by atoms with van der Waals surface area (Å²) in [5.74, 6) is 4.16. The molecule has 2 N–H and O–H groups in total. The fraction of sp³-hybridized carbons (Fsp3) is 0.385. The molecule has 0 amide bonds. The predicted octanol–water partition coefficient (Wildman–Crippen LogP) is 3.18. The minimum Gasteiger partial charge on any atom is -0.338 e. The maximum absolute atomic E-state index is 5.47. The van der Waals surface area contributed by atoms with Crippen LogP contribution in [-0.4, -0.2) is 21.6 Å². The molecule has 0 bridgehead atoms. The van der Waals surface area contributed by atoms with Crippen LogP contribution in [-0.2, 0) is 6.54 Å². The van der Waals surface area contributed by atoms with Gasteiger partial charge in [0.25, 0.3) is 0 Å². The van der Waals surface area contributed by atoms with Gasteiger partial charge < -0.3 is 10.3 Å². The first-order valence-corrected chi connectivity index (χ1v) is 8.13. The minimum absolute atomic E-state index is 0.269. The predicted molar refractivity (Wildman–Crippen MR) is 80.0 cm³/mol. The Bertz CT molecular complexity index is 581. The summed E-state index contributed by atoms with van der Waals surface area (Å²) in [4.78, 5) is 4.24. The van der Waals surface area contributed by atoms with E-state index in [2.05, 4.69) is 38.2 Å². The molecule has 0 spiro atoms. The number of nitrogens with zero attached hydrogens (tertiary/aromatic N) is 2. The highest BCUT2D eigenvalue weighted by Crippen LogP contribution is 2.37. The highest BCUT2D eigenvalue weighted by Gasteiger charge is 2.20. The number of rotatable bonds is 3. The summed E-state index contributed by atoms with van der Waals surface area (Å²) in [6.07, 6.45) is 1.25. The molecule has 4 nitrogen and oxygen atoms in total. The zero-order valence-electron chi connectivity index (χ0n) is 10.3. The van der Waals surface area contributed by atoms with E-state index in [-0.39, 0.29) is 6.54 Å². The number of hydrogen-bond acceptors (Lipinski definition) is 5. The molecule has 0 saturated carbocycles. The Hall–Kier alpha value is -0.850. The van der Waals surface area contributed by atoms with Crippen molar-refractivity contribution >= 4 is 27.7 Å². The molecular weight excluding hydrogens is 326 g/mol. The molecule has 1 fully saturated rings. The Morgan fingerprint density at radius 2 is 2.37 bits per heavy atom. The second kappa shape index (κ2) is 5.64. The second-order valence-electron chi connectivity index (χ2n) is 4.51. The highest BCUT2D eigenvalue weighted by molar-refractivity contribution is 9.10. The molecule has 3 rings (SSSR count). The SMILES string of the molecule is NCc1nc(-c2ccc(C3CCSC3)c(Br)c2)no1. The summed E-state index contributed by atoms with van der Waals surface area (Å²) in [5, 5.41) is 3.93.